The summed E-state index contributed by atoms with van der Waals surface area (Å²) in [5.74, 6) is 3.05. The smallest absolute Gasteiger partial charge is 0.153 e. The summed E-state index contributed by atoms with van der Waals surface area (Å²) in [7, 11) is 1.91. The maximum Gasteiger partial charge on any atom is 0.153 e. The summed E-state index contributed by atoms with van der Waals surface area (Å²) < 4.78 is 1.78. The molecule has 3 N–H and O–H groups in total. The second-order valence-corrected chi connectivity index (χ2v) is 9.23. The maximum absolute atomic E-state index is 4.61. The summed E-state index contributed by atoms with van der Waals surface area (Å²) >= 11 is 0. The molecule has 1 saturated heterocycles. The summed E-state index contributed by atoms with van der Waals surface area (Å²) in [5.41, 5.74) is 2.62. The number of rotatable bonds is 9. The molecule has 3 aromatic rings. The van der Waals surface area contributed by atoms with E-state index in [-0.39, 0.29) is 5.41 Å². The Hall–Kier alpha value is -2.93. The molecule has 1 aliphatic heterocycles. The third kappa shape index (κ3) is 5.41. The first kappa shape index (κ1) is 21.3. The highest BCUT2D eigenvalue weighted by Crippen LogP contribution is 2.33. The molecule has 0 radical (unpaired) electrons. The van der Waals surface area contributed by atoms with E-state index in [1.165, 1.54) is 11.1 Å². The minimum atomic E-state index is 0.0455. The molecule has 164 valence electrons. The molecule has 1 aliphatic rings. The van der Waals surface area contributed by atoms with E-state index in [0.717, 1.165) is 43.4 Å². The van der Waals surface area contributed by atoms with Crippen LogP contribution in [0.15, 0.2) is 48.9 Å². The third-order valence-electron chi connectivity index (χ3n) is 6.20. The van der Waals surface area contributed by atoms with Crippen molar-refractivity contribution >= 4 is 17.5 Å². The van der Waals surface area contributed by atoms with Gasteiger partial charge in [0, 0.05) is 44.8 Å². The van der Waals surface area contributed by atoms with Crippen molar-refractivity contribution < 1.29 is 0 Å². The Morgan fingerprint density at radius 3 is 2.61 bits per heavy atom. The quantitative estimate of drug-likeness (QED) is 0.482. The van der Waals surface area contributed by atoms with E-state index in [9.17, 15) is 0 Å². The van der Waals surface area contributed by atoms with Gasteiger partial charge in [-0.2, -0.15) is 5.10 Å². The van der Waals surface area contributed by atoms with Gasteiger partial charge in [-0.05, 0) is 53.5 Å². The zero-order chi connectivity index (χ0) is 21.8. The molecule has 3 aromatic heterocycles. The summed E-state index contributed by atoms with van der Waals surface area (Å²) in [4.78, 5) is 9.08. The van der Waals surface area contributed by atoms with Crippen LogP contribution in [0.1, 0.15) is 50.7 Å². The first-order valence-electron chi connectivity index (χ1n) is 11.1. The van der Waals surface area contributed by atoms with Gasteiger partial charge in [-0.15, -0.1) is 0 Å². The Bertz CT molecular complexity index is 989. The molecule has 1 atom stereocenters. The van der Waals surface area contributed by atoms with E-state index in [0.29, 0.717) is 12.0 Å². The van der Waals surface area contributed by atoms with Gasteiger partial charge in [0.1, 0.15) is 11.6 Å². The second kappa shape index (κ2) is 9.06. The van der Waals surface area contributed by atoms with E-state index in [1.807, 2.05) is 31.7 Å². The normalized spacial score (nSPS) is 15.4. The van der Waals surface area contributed by atoms with Crippen LogP contribution in [0.5, 0.6) is 0 Å². The fourth-order valence-electron chi connectivity index (χ4n) is 3.80. The van der Waals surface area contributed by atoms with E-state index in [2.05, 4.69) is 76.1 Å². The van der Waals surface area contributed by atoms with Crippen LogP contribution in [0.25, 0.3) is 0 Å². The van der Waals surface area contributed by atoms with E-state index in [4.69, 9.17) is 0 Å². The molecule has 4 rings (SSSR count). The van der Waals surface area contributed by atoms with Gasteiger partial charge in [-0.3, -0.25) is 4.68 Å². The molecule has 7 nitrogen and oxygen atoms in total. The van der Waals surface area contributed by atoms with Gasteiger partial charge in [0.25, 0.3) is 0 Å². The molecule has 0 aliphatic carbocycles. The molecule has 7 heteroatoms. The van der Waals surface area contributed by atoms with Gasteiger partial charge in [-0.1, -0.05) is 26.8 Å². The molecule has 1 unspecified atom stereocenters. The van der Waals surface area contributed by atoms with Gasteiger partial charge in [0.2, 0.25) is 0 Å². The molecule has 0 bridgehead atoms. The molecule has 0 amide bonds. The van der Waals surface area contributed by atoms with Gasteiger partial charge >= 0.3 is 0 Å². The minimum absolute atomic E-state index is 0.0455. The third-order valence-corrected chi connectivity index (χ3v) is 6.20. The lowest BCUT2D eigenvalue weighted by Gasteiger charge is -2.29. The van der Waals surface area contributed by atoms with Crippen molar-refractivity contribution in [3.63, 3.8) is 0 Å². The molecular weight excluding hydrogens is 386 g/mol. The van der Waals surface area contributed by atoms with Gasteiger partial charge < -0.3 is 16.0 Å². The first-order chi connectivity index (χ1) is 14.9. The van der Waals surface area contributed by atoms with Crippen LogP contribution in [-0.2, 0) is 12.5 Å². The summed E-state index contributed by atoms with van der Waals surface area (Å²) in [5, 5.41) is 14.4. The highest BCUT2D eigenvalue weighted by molar-refractivity contribution is 5.52. The number of nitrogens with zero attached hydrogens (tertiary/aromatic N) is 4. The standard InChI is InChI=1S/C24H33N7/c1-17(18-5-6-21(27-14-18)28-20-15-25-16-20)7-10-24(2,3)19-8-11-26-23(13-19)29-22-9-12-31(4)30-22/h5-6,8-9,11-14,17,20,25H,7,10,15-16H2,1-4H3,(H,27,28)(H,26,29,30). The number of aromatic nitrogens is 4. The van der Waals surface area contributed by atoms with Gasteiger partial charge in [0.15, 0.2) is 5.82 Å². The SMILES string of the molecule is CC(CCC(C)(C)c1ccnc(Nc2ccn(C)n2)c1)c1ccc(NC2CNC2)nc1. The van der Waals surface area contributed by atoms with Crippen molar-refractivity contribution in [1.82, 2.24) is 25.1 Å². The Morgan fingerprint density at radius 1 is 1.13 bits per heavy atom. The monoisotopic (exact) mass is 419 g/mol. The molecule has 1 fully saturated rings. The Labute approximate surface area is 184 Å². The Kier molecular flexibility index (Phi) is 6.23. The highest BCUT2D eigenvalue weighted by atomic mass is 15.3. The lowest BCUT2D eigenvalue weighted by molar-refractivity contribution is 0.439. The average molecular weight is 420 g/mol. The lowest BCUT2D eigenvalue weighted by atomic mass is 9.78. The largest absolute Gasteiger partial charge is 0.365 e. The van der Waals surface area contributed by atoms with Crippen molar-refractivity contribution in [1.29, 1.82) is 0 Å². The van der Waals surface area contributed by atoms with Crippen LogP contribution < -0.4 is 16.0 Å². The van der Waals surface area contributed by atoms with Crippen LogP contribution in [0.2, 0.25) is 0 Å². The van der Waals surface area contributed by atoms with Crippen molar-refractivity contribution in [2.24, 2.45) is 7.05 Å². The predicted molar refractivity (Wildman–Crippen MR) is 126 cm³/mol. The fraction of sp³-hybridized carbons (Fsp3) is 0.458. The highest BCUT2D eigenvalue weighted by Gasteiger charge is 2.23. The lowest BCUT2D eigenvalue weighted by Crippen LogP contribution is -2.51. The molecule has 0 saturated carbocycles. The van der Waals surface area contributed by atoms with E-state index >= 15 is 0 Å². The Morgan fingerprint density at radius 2 is 1.97 bits per heavy atom. The summed E-state index contributed by atoms with van der Waals surface area (Å²) in [6.07, 6.45) is 7.99. The van der Waals surface area contributed by atoms with E-state index in [1.54, 1.807) is 4.68 Å². The zero-order valence-electron chi connectivity index (χ0n) is 18.9. The number of anilines is 3. The maximum atomic E-state index is 4.61. The van der Waals surface area contributed by atoms with Crippen LogP contribution >= 0.6 is 0 Å². The van der Waals surface area contributed by atoms with Crippen LogP contribution in [0, 0.1) is 0 Å². The summed E-state index contributed by atoms with van der Waals surface area (Å²) in [6.45, 7) is 8.93. The first-order valence-corrected chi connectivity index (χ1v) is 11.1. The summed E-state index contributed by atoms with van der Waals surface area (Å²) in [6, 6.07) is 11.0. The van der Waals surface area contributed by atoms with Crippen molar-refractivity contribution in [3.8, 4) is 0 Å². The zero-order valence-corrected chi connectivity index (χ0v) is 18.9. The van der Waals surface area contributed by atoms with Crippen LogP contribution in [-0.4, -0.2) is 38.9 Å². The Balaban J connectivity index is 1.35. The number of hydrogen-bond donors (Lipinski definition) is 3. The predicted octanol–water partition coefficient (Wildman–Crippen LogP) is 4.20. The fourth-order valence-corrected chi connectivity index (χ4v) is 3.80. The number of pyridine rings is 2. The second-order valence-electron chi connectivity index (χ2n) is 9.23. The van der Waals surface area contributed by atoms with Crippen molar-refractivity contribution in [2.75, 3.05) is 23.7 Å². The topological polar surface area (TPSA) is 79.7 Å². The molecule has 31 heavy (non-hydrogen) atoms. The van der Waals surface area contributed by atoms with Crippen molar-refractivity contribution in [2.45, 2.75) is 51.0 Å². The average Bonchev–Trinajstić information content (AvgIpc) is 3.14. The van der Waals surface area contributed by atoms with E-state index < -0.39 is 0 Å². The number of aryl methyl sites for hydroxylation is 1. The van der Waals surface area contributed by atoms with Gasteiger partial charge in [-0.25, -0.2) is 9.97 Å². The molecule has 0 spiro atoms. The molecule has 4 heterocycles. The number of hydrogen-bond acceptors (Lipinski definition) is 6. The molecule has 0 aromatic carbocycles. The van der Waals surface area contributed by atoms with Crippen LogP contribution in [0.4, 0.5) is 17.5 Å². The van der Waals surface area contributed by atoms with Crippen LogP contribution in [0.3, 0.4) is 0 Å². The van der Waals surface area contributed by atoms with Crippen molar-refractivity contribution in [3.05, 3.63) is 60.0 Å². The minimum Gasteiger partial charge on any atom is -0.365 e. The number of nitrogens with one attached hydrogen (secondary N) is 3. The molecular formula is C24H33N7. The van der Waals surface area contributed by atoms with Gasteiger partial charge in [0.05, 0.1) is 6.04 Å².